The van der Waals surface area contributed by atoms with E-state index in [2.05, 4.69) is 32.4 Å². The number of halogens is 3. The summed E-state index contributed by atoms with van der Waals surface area (Å²) in [5.74, 6) is -2.85. The number of amides is 1. The van der Waals surface area contributed by atoms with E-state index in [0.29, 0.717) is 23.8 Å². The topological polar surface area (TPSA) is 111 Å². The molecule has 0 aliphatic carbocycles. The number of rotatable bonds is 4. The van der Waals surface area contributed by atoms with Gasteiger partial charge in [-0.1, -0.05) is 0 Å². The third-order valence-electron chi connectivity index (χ3n) is 4.25. The smallest absolute Gasteiger partial charge is 0.475 e. The summed E-state index contributed by atoms with van der Waals surface area (Å²) in [4.78, 5) is 27.6. The molecule has 2 aromatic rings. The van der Waals surface area contributed by atoms with Gasteiger partial charge in [0.1, 0.15) is 0 Å². The highest BCUT2D eigenvalue weighted by molar-refractivity contribution is 5.99. The van der Waals surface area contributed by atoms with Gasteiger partial charge in [0.2, 0.25) is 0 Å². The van der Waals surface area contributed by atoms with E-state index in [1.54, 1.807) is 18.6 Å². The van der Waals surface area contributed by atoms with Crippen LogP contribution in [0.3, 0.4) is 0 Å². The number of nitrogens with zero attached hydrogens (tertiary/aromatic N) is 3. The molecule has 2 aromatic heterocycles. The molecule has 1 fully saturated rings. The first-order valence-electron chi connectivity index (χ1n) is 8.42. The molecule has 1 atom stereocenters. The normalized spacial score (nSPS) is 16.9. The molecule has 1 saturated heterocycles. The molecule has 1 aliphatic rings. The van der Waals surface area contributed by atoms with Gasteiger partial charge in [-0.15, -0.1) is 0 Å². The van der Waals surface area contributed by atoms with Crippen LogP contribution in [0.15, 0.2) is 30.7 Å². The van der Waals surface area contributed by atoms with Gasteiger partial charge < -0.3 is 15.3 Å². The van der Waals surface area contributed by atoms with Gasteiger partial charge in [-0.05, 0) is 38.6 Å². The second kappa shape index (κ2) is 9.31. The lowest BCUT2D eigenvalue weighted by Crippen LogP contribution is -2.38. The van der Waals surface area contributed by atoms with Crippen LogP contribution in [0.25, 0.3) is 11.3 Å². The van der Waals surface area contributed by atoms with Gasteiger partial charge in [0.15, 0.2) is 0 Å². The van der Waals surface area contributed by atoms with E-state index < -0.39 is 12.1 Å². The van der Waals surface area contributed by atoms with Gasteiger partial charge in [0.05, 0.1) is 17.5 Å². The zero-order chi connectivity index (χ0) is 20.7. The summed E-state index contributed by atoms with van der Waals surface area (Å²) in [6.07, 6.45) is 2.24. The highest BCUT2D eigenvalue weighted by Crippen LogP contribution is 2.20. The average molecular weight is 399 g/mol. The Balaban J connectivity index is 0.000000345. The van der Waals surface area contributed by atoms with Crippen LogP contribution in [-0.2, 0) is 4.79 Å². The molecular weight excluding hydrogens is 379 g/mol. The molecule has 152 valence electrons. The number of likely N-dealkylation sites (N-methyl/N-ethyl adjacent to an activating group) is 1. The maximum absolute atomic E-state index is 12.4. The summed E-state index contributed by atoms with van der Waals surface area (Å²) in [6.45, 7) is 1.78. The molecule has 0 bridgehead atoms. The fourth-order valence-electron chi connectivity index (χ4n) is 2.73. The van der Waals surface area contributed by atoms with E-state index >= 15 is 0 Å². The lowest BCUT2D eigenvalue weighted by molar-refractivity contribution is -0.192. The number of aromatic nitrogens is 3. The Hall–Kier alpha value is -2.95. The first kappa shape index (κ1) is 21.4. The van der Waals surface area contributed by atoms with Crippen LogP contribution < -0.4 is 5.32 Å². The zero-order valence-electron chi connectivity index (χ0n) is 15.0. The Morgan fingerprint density at radius 1 is 1.39 bits per heavy atom. The number of likely N-dealkylation sites (tertiary alicyclic amines) is 1. The number of pyridine rings is 1. The molecule has 28 heavy (non-hydrogen) atoms. The number of aliphatic carboxylic acids is 1. The highest BCUT2D eigenvalue weighted by Gasteiger charge is 2.38. The van der Waals surface area contributed by atoms with Crippen molar-refractivity contribution in [1.82, 2.24) is 25.4 Å². The molecule has 1 aliphatic heterocycles. The second-order valence-electron chi connectivity index (χ2n) is 6.19. The van der Waals surface area contributed by atoms with Gasteiger partial charge in [-0.2, -0.15) is 18.3 Å². The number of carbonyl (C=O) groups is 2. The van der Waals surface area contributed by atoms with Crippen molar-refractivity contribution in [3.8, 4) is 11.3 Å². The number of carbonyl (C=O) groups excluding carboxylic acids is 1. The molecular formula is C17H20F3N5O3. The van der Waals surface area contributed by atoms with E-state index in [1.807, 2.05) is 12.1 Å². The SMILES string of the molecule is CN1CCCC1CNC(=O)c1cn[nH]c1-c1cccnc1.O=C(O)C(F)(F)F. The summed E-state index contributed by atoms with van der Waals surface area (Å²) in [5, 5.41) is 17.0. The monoisotopic (exact) mass is 399 g/mol. The standard InChI is InChI=1S/C15H19N5O.C2HF3O2/c1-20-7-3-5-12(20)9-17-15(21)13-10-18-19-14(13)11-4-2-6-16-8-11;3-2(4,5)1(6)7/h2,4,6,8,10,12H,3,5,7,9H2,1H3,(H,17,21)(H,18,19);(H,6,7). The first-order valence-corrected chi connectivity index (χ1v) is 8.42. The quantitative estimate of drug-likeness (QED) is 0.725. The maximum atomic E-state index is 12.4. The van der Waals surface area contributed by atoms with Crippen molar-refractivity contribution in [1.29, 1.82) is 0 Å². The van der Waals surface area contributed by atoms with E-state index in [4.69, 9.17) is 9.90 Å². The molecule has 0 radical (unpaired) electrons. The van der Waals surface area contributed by atoms with Gasteiger partial charge in [0.25, 0.3) is 5.91 Å². The molecule has 3 N–H and O–H groups in total. The summed E-state index contributed by atoms with van der Waals surface area (Å²) in [5.41, 5.74) is 2.13. The van der Waals surface area contributed by atoms with Crippen molar-refractivity contribution >= 4 is 11.9 Å². The molecule has 1 amide bonds. The number of carboxylic acids is 1. The van der Waals surface area contributed by atoms with Crippen LogP contribution in [0.5, 0.6) is 0 Å². The highest BCUT2D eigenvalue weighted by atomic mass is 19.4. The van der Waals surface area contributed by atoms with Crippen molar-refractivity contribution in [2.45, 2.75) is 25.1 Å². The summed E-state index contributed by atoms with van der Waals surface area (Å²) in [6, 6.07) is 4.18. The van der Waals surface area contributed by atoms with Crippen molar-refractivity contribution in [2.24, 2.45) is 0 Å². The predicted octanol–water partition coefficient (Wildman–Crippen LogP) is 1.93. The Labute approximate surface area is 158 Å². The van der Waals surface area contributed by atoms with Gasteiger partial charge in [-0.3, -0.25) is 14.9 Å². The summed E-state index contributed by atoms with van der Waals surface area (Å²) in [7, 11) is 2.10. The first-order chi connectivity index (χ1) is 13.2. The number of hydrogen-bond donors (Lipinski definition) is 3. The van der Waals surface area contributed by atoms with Crippen molar-refractivity contribution < 1.29 is 27.9 Å². The number of aromatic amines is 1. The third-order valence-corrected chi connectivity index (χ3v) is 4.25. The predicted molar refractivity (Wildman–Crippen MR) is 93.5 cm³/mol. The van der Waals surface area contributed by atoms with Crippen LogP contribution in [0.4, 0.5) is 13.2 Å². The van der Waals surface area contributed by atoms with E-state index in [9.17, 15) is 18.0 Å². The van der Waals surface area contributed by atoms with E-state index in [-0.39, 0.29) is 5.91 Å². The zero-order valence-corrected chi connectivity index (χ0v) is 15.0. The van der Waals surface area contributed by atoms with Crippen molar-refractivity contribution in [3.63, 3.8) is 0 Å². The van der Waals surface area contributed by atoms with Gasteiger partial charge in [0, 0.05) is 30.5 Å². The maximum Gasteiger partial charge on any atom is 0.490 e. The lowest BCUT2D eigenvalue weighted by atomic mass is 10.1. The Morgan fingerprint density at radius 2 is 2.11 bits per heavy atom. The molecule has 11 heteroatoms. The van der Waals surface area contributed by atoms with Gasteiger partial charge in [-0.25, -0.2) is 4.79 Å². The molecule has 1 unspecified atom stereocenters. The Kier molecular flexibility index (Phi) is 7.10. The average Bonchev–Trinajstić information content (AvgIpc) is 3.29. The third kappa shape index (κ3) is 5.78. The number of hydrogen-bond acceptors (Lipinski definition) is 5. The minimum absolute atomic E-state index is 0.0945. The van der Waals surface area contributed by atoms with Crippen LogP contribution in [0.2, 0.25) is 0 Å². The Morgan fingerprint density at radius 3 is 2.64 bits per heavy atom. The lowest BCUT2D eigenvalue weighted by Gasteiger charge is -2.19. The summed E-state index contributed by atoms with van der Waals surface area (Å²) >= 11 is 0. The van der Waals surface area contributed by atoms with Crippen LogP contribution in [0.1, 0.15) is 23.2 Å². The van der Waals surface area contributed by atoms with Crippen molar-refractivity contribution in [3.05, 3.63) is 36.3 Å². The largest absolute Gasteiger partial charge is 0.490 e. The number of carboxylic acid groups (broad SMARTS) is 1. The Bertz CT molecular complexity index is 795. The van der Waals surface area contributed by atoms with Crippen LogP contribution >= 0.6 is 0 Å². The fraction of sp³-hybridized carbons (Fsp3) is 0.412. The molecule has 3 rings (SSSR count). The minimum Gasteiger partial charge on any atom is -0.475 e. The molecule has 0 spiro atoms. The number of nitrogens with one attached hydrogen (secondary N) is 2. The fourth-order valence-corrected chi connectivity index (χ4v) is 2.73. The summed E-state index contributed by atoms with van der Waals surface area (Å²) < 4.78 is 31.7. The minimum atomic E-state index is -5.08. The number of H-pyrrole nitrogens is 1. The van der Waals surface area contributed by atoms with E-state index in [1.165, 1.54) is 6.42 Å². The molecule has 0 saturated carbocycles. The van der Waals surface area contributed by atoms with Crippen LogP contribution in [0, 0.1) is 0 Å². The van der Waals surface area contributed by atoms with E-state index in [0.717, 1.165) is 18.5 Å². The van der Waals surface area contributed by atoms with Crippen molar-refractivity contribution in [2.75, 3.05) is 20.1 Å². The van der Waals surface area contributed by atoms with Crippen LogP contribution in [-0.4, -0.2) is 69.4 Å². The number of alkyl halides is 3. The molecule has 3 heterocycles. The molecule has 8 nitrogen and oxygen atoms in total. The molecule has 0 aromatic carbocycles. The van der Waals surface area contributed by atoms with Gasteiger partial charge >= 0.3 is 12.1 Å². The second-order valence-corrected chi connectivity index (χ2v) is 6.19.